The fraction of sp³-hybridized carbons (Fsp3) is 0.667. The fourth-order valence-electron chi connectivity index (χ4n) is 4.19. The Hall–Kier alpha value is -2.15. The number of anilines is 1. The van der Waals surface area contributed by atoms with Gasteiger partial charge in [-0.25, -0.2) is 4.98 Å². The van der Waals surface area contributed by atoms with E-state index in [0.717, 1.165) is 63.5 Å². The van der Waals surface area contributed by atoms with Crippen molar-refractivity contribution in [1.82, 2.24) is 24.4 Å². The first-order chi connectivity index (χ1) is 13.4. The highest BCUT2D eigenvalue weighted by Crippen LogP contribution is 2.32. The number of amides is 1. The molecular formula is C21H32N6O. The molecule has 0 radical (unpaired) electrons. The Labute approximate surface area is 167 Å². The molecule has 4 heterocycles. The number of carbonyl (C=O) groups excluding carboxylic acids is 1. The molecule has 1 fully saturated rings. The van der Waals surface area contributed by atoms with E-state index < -0.39 is 0 Å². The van der Waals surface area contributed by atoms with E-state index in [2.05, 4.69) is 35.8 Å². The summed E-state index contributed by atoms with van der Waals surface area (Å²) in [6.45, 7) is 8.84. The van der Waals surface area contributed by atoms with E-state index in [1.54, 1.807) is 0 Å². The van der Waals surface area contributed by atoms with E-state index in [1.165, 1.54) is 11.3 Å². The molecule has 2 aliphatic rings. The second-order valence-corrected chi connectivity index (χ2v) is 8.81. The highest BCUT2D eigenvalue weighted by molar-refractivity contribution is 5.82. The van der Waals surface area contributed by atoms with Crippen LogP contribution >= 0.6 is 0 Å². The molecule has 1 amide bonds. The van der Waals surface area contributed by atoms with Gasteiger partial charge >= 0.3 is 0 Å². The third kappa shape index (κ3) is 3.60. The van der Waals surface area contributed by atoms with Gasteiger partial charge in [-0.05, 0) is 25.8 Å². The molecule has 0 atom stereocenters. The predicted octanol–water partition coefficient (Wildman–Crippen LogP) is 1.70. The third-order valence-electron chi connectivity index (χ3n) is 6.11. The third-order valence-corrected chi connectivity index (χ3v) is 6.11. The van der Waals surface area contributed by atoms with Crippen molar-refractivity contribution in [2.75, 3.05) is 51.7 Å². The lowest BCUT2D eigenvalue weighted by Crippen LogP contribution is -2.55. The van der Waals surface area contributed by atoms with Gasteiger partial charge in [0.15, 0.2) is 5.65 Å². The molecule has 2 aliphatic heterocycles. The SMILES string of the molecule is CC(C)CCN(C)C(=O)C1CN(c2c3c(nc4ccnn24)CCN(C)CC3)C1. The van der Waals surface area contributed by atoms with Gasteiger partial charge in [-0.15, -0.1) is 0 Å². The minimum atomic E-state index is 0.0834. The van der Waals surface area contributed by atoms with Crippen LogP contribution in [-0.2, 0) is 17.6 Å². The van der Waals surface area contributed by atoms with Crippen LogP contribution in [0.3, 0.4) is 0 Å². The number of fused-ring (bicyclic) bond motifs is 2. The summed E-state index contributed by atoms with van der Waals surface area (Å²) in [6, 6.07) is 1.97. The molecule has 0 saturated carbocycles. The van der Waals surface area contributed by atoms with Gasteiger partial charge in [0.25, 0.3) is 0 Å². The summed E-state index contributed by atoms with van der Waals surface area (Å²) in [5, 5.41) is 4.54. The lowest BCUT2D eigenvalue weighted by Gasteiger charge is -2.42. The van der Waals surface area contributed by atoms with Crippen LogP contribution in [0.5, 0.6) is 0 Å². The molecule has 0 aliphatic carbocycles. The minimum absolute atomic E-state index is 0.0834. The Bertz CT molecular complexity index is 854. The normalized spacial score (nSPS) is 18.2. The zero-order valence-electron chi connectivity index (χ0n) is 17.6. The molecule has 0 spiro atoms. The zero-order valence-corrected chi connectivity index (χ0v) is 17.6. The Morgan fingerprint density at radius 1 is 1.29 bits per heavy atom. The molecule has 0 unspecified atom stereocenters. The molecule has 28 heavy (non-hydrogen) atoms. The molecular weight excluding hydrogens is 352 g/mol. The molecule has 0 bridgehead atoms. The summed E-state index contributed by atoms with van der Waals surface area (Å²) in [6.07, 6.45) is 4.82. The summed E-state index contributed by atoms with van der Waals surface area (Å²) in [7, 11) is 4.11. The van der Waals surface area contributed by atoms with Crippen molar-refractivity contribution in [2.24, 2.45) is 11.8 Å². The van der Waals surface area contributed by atoms with Gasteiger partial charge in [-0.3, -0.25) is 4.79 Å². The topological polar surface area (TPSA) is 57.0 Å². The highest BCUT2D eigenvalue weighted by atomic mass is 16.2. The summed E-state index contributed by atoms with van der Waals surface area (Å²) >= 11 is 0. The minimum Gasteiger partial charge on any atom is -0.354 e. The molecule has 2 aromatic heterocycles. The number of aromatic nitrogens is 3. The first-order valence-corrected chi connectivity index (χ1v) is 10.5. The van der Waals surface area contributed by atoms with Crippen molar-refractivity contribution in [3.05, 3.63) is 23.5 Å². The smallest absolute Gasteiger partial charge is 0.229 e. The zero-order chi connectivity index (χ0) is 19.8. The van der Waals surface area contributed by atoms with Crippen molar-refractivity contribution >= 4 is 17.4 Å². The van der Waals surface area contributed by atoms with Crippen LogP contribution < -0.4 is 4.90 Å². The largest absolute Gasteiger partial charge is 0.354 e. The summed E-state index contributed by atoms with van der Waals surface area (Å²) in [5.41, 5.74) is 3.40. The Balaban J connectivity index is 1.53. The lowest BCUT2D eigenvalue weighted by atomic mass is 9.96. The van der Waals surface area contributed by atoms with E-state index in [-0.39, 0.29) is 11.8 Å². The number of hydrogen-bond acceptors (Lipinski definition) is 5. The van der Waals surface area contributed by atoms with E-state index in [0.29, 0.717) is 5.92 Å². The van der Waals surface area contributed by atoms with E-state index in [9.17, 15) is 4.79 Å². The number of hydrogen-bond donors (Lipinski definition) is 0. The fourth-order valence-corrected chi connectivity index (χ4v) is 4.19. The molecule has 4 rings (SSSR count). The summed E-state index contributed by atoms with van der Waals surface area (Å²) in [4.78, 5) is 24.2. The first kappa shape index (κ1) is 19.2. The number of nitrogens with zero attached hydrogens (tertiary/aromatic N) is 6. The van der Waals surface area contributed by atoms with Crippen LogP contribution in [0, 0.1) is 11.8 Å². The molecule has 0 aromatic carbocycles. The first-order valence-electron chi connectivity index (χ1n) is 10.5. The molecule has 1 saturated heterocycles. The van der Waals surface area contributed by atoms with Crippen molar-refractivity contribution in [1.29, 1.82) is 0 Å². The second-order valence-electron chi connectivity index (χ2n) is 8.81. The molecule has 7 heteroatoms. The van der Waals surface area contributed by atoms with Gasteiger partial charge in [-0.2, -0.15) is 9.61 Å². The number of carbonyl (C=O) groups is 1. The molecule has 2 aromatic rings. The van der Waals surface area contributed by atoms with Gasteiger partial charge in [0, 0.05) is 57.8 Å². The van der Waals surface area contributed by atoms with Gasteiger partial charge in [0.05, 0.1) is 17.8 Å². The van der Waals surface area contributed by atoms with Crippen molar-refractivity contribution in [3.8, 4) is 0 Å². The predicted molar refractivity (Wildman–Crippen MR) is 111 cm³/mol. The monoisotopic (exact) mass is 384 g/mol. The Morgan fingerprint density at radius 3 is 2.79 bits per heavy atom. The number of rotatable bonds is 5. The lowest BCUT2D eigenvalue weighted by molar-refractivity contribution is -0.135. The van der Waals surface area contributed by atoms with Crippen LogP contribution in [0.1, 0.15) is 31.5 Å². The summed E-state index contributed by atoms with van der Waals surface area (Å²) < 4.78 is 1.97. The molecule has 152 valence electrons. The maximum Gasteiger partial charge on any atom is 0.229 e. The van der Waals surface area contributed by atoms with Crippen LogP contribution in [-0.4, -0.2) is 77.1 Å². The molecule has 0 N–H and O–H groups in total. The van der Waals surface area contributed by atoms with Crippen LogP contribution in [0.4, 0.5) is 5.82 Å². The maximum absolute atomic E-state index is 12.8. The number of likely N-dealkylation sites (N-methyl/N-ethyl adjacent to an activating group) is 1. The van der Waals surface area contributed by atoms with E-state index in [1.807, 2.05) is 28.7 Å². The Morgan fingerprint density at radius 2 is 2.04 bits per heavy atom. The van der Waals surface area contributed by atoms with Crippen LogP contribution in [0.2, 0.25) is 0 Å². The van der Waals surface area contributed by atoms with Crippen molar-refractivity contribution < 1.29 is 4.79 Å². The second kappa shape index (κ2) is 7.70. The van der Waals surface area contributed by atoms with Gasteiger partial charge in [0.2, 0.25) is 5.91 Å². The average Bonchev–Trinajstić information content (AvgIpc) is 3.01. The van der Waals surface area contributed by atoms with E-state index >= 15 is 0 Å². The van der Waals surface area contributed by atoms with Crippen molar-refractivity contribution in [3.63, 3.8) is 0 Å². The maximum atomic E-state index is 12.8. The summed E-state index contributed by atoms with van der Waals surface area (Å²) in [5.74, 6) is 2.12. The highest BCUT2D eigenvalue weighted by Gasteiger charge is 2.37. The molecule has 7 nitrogen and oxygen atoms in total. The average molecular weight is 385 g/mol. The van der Waals surface area contributed by atoms with Gasteiger partial charge < -0.3 is 14.7 Å². The van der Waals surface area contributed by atoms with Gasteiger partial charge in [0.1, 0.15) is 5.82 Å². The van der Waals surface area contributed by atoms with Crippen LogP contribution in [0.25, 0.3) is 5.65 Å². The quantitative estimate of drug-likeness (QED) is 0.785. The van der Waals surface area contributed by atoms with Crippen molar-refractivity contribution in [2.45, 2.75) is 33.1 Å². The standard InChI is InChI=1S/C21H32N6O/c1-15(2)6-12-25(4)21(28)16-13-26(14-16)20-17-7-10-24(3)11-8-18(17)23-19-5-9-22-27(19)20/h5,9,15-16H,6-8,10-14H2,1-4H3. The Kier molecular flexibility index (Phi) is 5.27. The van der Waals surface area contributed by atoms with Crippen LogP contribution in [0.15, 0.2) is 12.3 Å². The van der Waals surface area contributed by atoms with Gasteiger partial charge in [-0.1, -0.05) is 13.8 Å². The van der Waals surface area contributed by atoms with E-state index in [4.69, 9.17) is 4.98 Å².